The molecule has 1 saturated heterocycles. The maximum Gasteiger partial charge on any atom is 0.256 e. The number of piperazine rings is 1. The molecule has 1 aliphatic rings. The molecule has 0 bridgehead atoms. The Morgan fingerprint density at radius 1 is 1.03 bits per heavy atom. The van der Waals surface area contributed by atoms with E-state index < -0.39 is 0 Å². The van der Waals surface area contributed by atoms with Crippen molar-refractivity contribution in [2.45, 2.75) is 19.5 Å². The molecule has 200 valence electrons. The Hall–Kier alpha value is -3.87. The molecule has 0 spiro atoms. The number of likely N-dealkylation sites (N-methyl/N-ethyl adjacent to an activating group) is 1. The summed E-state index contributed by atoms with van der Waals surface area (Å²) in [6.45, 7) is 12.9. The molecule has 3 heterocycles. The average molecular weight is 540 g/mol. The van der Waals surface area contributed by atoms with Crippen LogP contribution in [-0.4, -0.2) is 63.1 Å². The van der Waals surface area contributed by atoms with Crippen LogP contribution in [0.25, 0.3) is 12.2 Å². The molecule has 6 nitrogen and oxygen atoms in total. The number of halogens is 1. The van der Waals surface area contributed by atoms with Gasteiger partial charge in [0.2, 0.25) is 0 Å². The van der Waals surface area contributed by atoms with Gasteiger partial charge in [0, 0.05) is 61.9 Å². The second-order valence-electron chi connectivity index (χ2n) is 10.1. The molecule has 4 aromatic rings. The van der Waals surface area contributed by atoms with Gasteiger partial charge in [0.25, 0.3) is 5.91 Å². The number of aromatic nitrogens is 3. The molecule has 0 aliphatic carbocycles. The molecule has 1 amide bonds. The van der Waals surface area contributed by atoms with Crippen LogP contribution < -0.4 is 10.4 Å². The highest BCUT2D eigenvalue weighted by atomic mass is 35.5. The second kappa shape index (κ2) is 11.9. The molecular formula is C32H34ClN5O. The van der Waals surface area contributed by atoms with Crippen molar-refractivity contribution in [1.29, 1.82) is 0 Å². The quantitative estimate of drug-likeness (QED) is 0.342. The summed E-state index contributed by atoms with van der Waals surface area (Å²) in [5.74, 6) is 0.0500. The van der Waals surface area contributed by atoms with Crippen molar-refractivity contribution in [3.05, 3.63) is 124 Å². The summed E-state index contributed by atoms with van der Waals surface area (Å²) in [4.78, 5) is 22.5. The van der Waals surface area contributed by atoms with Gasteiger partial charge in [-0.15, -0.1) is 0 Å². The number of hydrogen-bond donors (Lipinski definition) is 0. The molecule has 2 aromatic carbocycles. The summed E-state index contributed by atoms with van der Waals surface area (Å²) in [5, 5.41) is 2.62. The number of allylic oxidation sites excluding steroid dienone is 1. The smallest absolute Gasteiger partial charge is 0.256 e. The van der Waals surface area contributed by atoms with Crippen LogP contribution >= 0.6 is 11.6 Å². The number of carbonyl (C=O) groups is 1. The van der Waals surface area contributed by atoms with E-state index in [1.807, 2.05) is 66.1 Å². The summed E-state index contributed by atoms with van der Waals surface area (Å²) in [6.07, 6.45) is 10.5. The summed E-state index contributed by atoms with van der Waals surface area (Å²) in [5.41, 5.74) is 4.76. The monoisotopic (exact) mass is 539 g/mol. The van der Waals surface area contributed by atoms with Gasteiger partial charge in [-0.2, -0.15) is 0 Å². The predicted molar refractivity (Wildman–Crippen MR) is 158 cm³/mol. The Morgan fingerprint density at radius 3 is 2.46 bits per heavy atom. The Kier molecular flexibility index (Phi) is 8.15. The molecule has 2 aromatic heterocycles. The van der Waals surface area contributed by atoms with Gasteiger partial charge in [-0.25, -0.2) is 4.98 Å². The highest BCUT2D eigenvalue weighted by molar-refractivity contribution is 6.30. The van der Waals surface area contributed by atoms with E-state index in [0.717, 1.165) is 58.3 Å². The van der Waals surface area contributed by atoms with Crippen LogP contribution in [0.1, 0.15) is 27.2 Å². The summed E-state index contributed by atoms with van der Waals surface area (Å²) in [7, 11) is 2.09. The lowest BCUT2D eigenvalue weighted by Gasteiger charge is -2.32. The molecule has 7 heteroatoms. The molecule has 39 heavy (non-hydrogen) atoms. The third kappa shape index (κ3) is 6.08. The molecule has 1 aliphatic heterocycles. The summed E-state index contributed by atoms with van der Waals surface area (Å²) >= 11 is 6.04. The van der Waals surface area contributed by atoms with Crippen LogP contribution in [0, 0.1) is 0 Å². The summed E-state index contributed by atoms with van der Waals surface area (Å²) < 4.78 is 4.25. The third-order valence-corrected chi connectivity index (χ3v) is 7.65. The number of aryl methyl sites for hydroxylation is 2. The molecule has 0 radical (unpaired) electrons. The van der Waals surface area contributed by atoms with Gasteiger partial charge < -0.3 is 18.9 Å². The zero-order valence-electron chi connectivity index (χ0n) is 22.4. The van der Waals surface area contributed by atoms with Crippen molar-refractivity contribution in [2.24, 2.45) is 0 Å². The van der Waals surface area contributed by atoms with E-state index in [9.17, 15) is 4.79 Å². The molecule has 1 fully saturated rings. The molecule has 0 N–H and O–H groups in total. The third-order valence-electron chi connectivity index (χ3n) is 7.40. The number of benzene rings is 2. The van der Waals surface area contributed by atoms with Gasteiger partial charge in [0.15, 0.2) is 0 Å². The van der Waals surface area contributed by atoms with E-state index in [0.29, 0.717) is 25.2 Å². The highest BCUT2D eigenvalue weighted by Gasteiger charge is 2.25. The first-order valence-electron chi connectivity index (χ1n) is 13.2. The Balaban J connectivity index is 1.48. The standard InChI is InChI=1S/C32H34ClN5O/c1-4-28(29-8-6-5-7-24(29)2)30-21-36(22-31(30)32(39)37-17-15-35(3)16-18-37)20-27-19-34-23-38(27)14-13-25-9-11-26(33)12-10-25/h4-12,19,21-23H,1-2,13-18,20H2,3H3/b29-28+. The fraction of sp³-hybridized carbons (Fsp3) is 0.250. The predicted octanol–water partition coefficient (Wildman–Crippen LogP) is 3.81. The van der Waals surface area contributed by atoms with Crippen LogP contribution in [-0.2, 0) is 19.5 Å². The van der Waals surface area contributed by atoms with Gasteiger partial charge in [-0.3, -0.25) is 4.79 Å². The van der Waals surface area contributed by atoms with Crippen molar-refractivity contribution in [3.8, 4) is 0 Å². The molecule has 0 atom stereocenters. The fourth-order valence-corrected chi connectivity index (χ4v) is 5.21. The van der Waals surface area contributed by atoms with Crippen molar-refractivity contribution < 1.29 is 4.79 Å². The average Bonchev–Trinajstić information content (AvgIpc) is 3.57. The molecule has 0 saturated carbocycles. The Morgan fingerprint density at radius 2 is 1.74 bits per heavy atom. The van der Waals surface area contributed by atoms with Crippen molar-refractivity contribution in [2.75, 3.05) is 33.2 Å². The van der Waals surface area contributed by atoms with Crippen LogP contribution in [0.15, 0.2) is 86.1 Å². The van der Waals surface area contributed by atoms with Crippen LogP contribution in [0.2, 0.25) is 5.02 Å². The summed E-state index contributed by atoms with van der Waals surface area (Å²) in [6, 6.07) is 15.9. The Bertz CT molecular complexity index is 1580. The molecular weight excluding hydrogens is 506 g/mol. The Labute approximate surface area is 234 Å². The maximum absolute atomic E-state index is 13.8. The topological polar surface area (TPSA) is 46.3 Å². The van der Waals surface area contributed by atoms with Gasteiger partial charge in [-0.1, -0.05) is 67.2 Å². The van der Waals surface area contributed by atoms with E-state index >= 15 is 0 Å². The SMILES string of the molecule is C=C/C(c1cn(Cc2cncn2CCc2ccc(Cl)cc2)cc1C(=O)N1CCN(C)CC1)=c1/ccccc1=C. The second-order valence-corrected chi connectivity index (χ2v) is 10.5. The van der Waals surface area contributed by atoms with Gasteiger partial charge in [0.05, 0.1) is 24.1 Å². The zero-order valence-corrected chi connectivity index (χ0v) is 23.1. The molecule has 5 rings (SSSR count). The first kappa shape index (κ1) is 26.7. The van der Waals surface area contributed by atoms with Crippen LogP contribution in [0.5, 0.6) is 0 Å². The van der Waals surface area contributed by atoms with Crippen LogP contribution in [0.4, 0.5) is 0 Å². The number of amides is 1. The number of imidazole rings is 1. The van der Waals surface area contributed by atoms with E-state index in [1.165, 1.54) is 5.56 Å². The number of nitrogens with zero attached hydrogens (tertiary/aromatic N) is 5. The minimum Gasteiger partial charge on any atom is -0.347 e. The normalized spacial score (nSPS) is 14.9. The van der Waals surface area contributed by atoms with Gasteiger partial charge in [0.1, 0.15) is 0 Å². The first-order valence-corrected chi connectivity index (χ1v) is 13.6. The van der Waals surface area contributed by atoms with E-state index in [-0.39, 0.29) is 5.91 Å². The lowest BCUT2D eigenvalue weighted by Crippen LogP contribution is -2.47. The minimum absolute atomic E-state index is 0.0500. The lowest BCUT2D eigenvalue weighted by atomic mass is 10.00. The first-order chi connectivity index (χ1) is 18.9. The highest BCUT2D eigenvalue weighted by Crippen LogP contribution is 2.23. The van der Waals surface area contributed by atoms with Crippen molar-refractivity contribution >= 4 is 29.7 Å². The van der Waals surface area contributed by atoms with Crippen molar-refractivity contribution in [3.63, 3.8) is 0 Å². The molecule has 0 unspecified atom stereocenters. The number of carbonyl (C=O) groups excluding carboxylic acids is 1. The van der Waals surface area contributed by atoms with E-state index in [2.05, 4.69) is 57.6 Å². The van der Waals surface area contributed by atoms with Gasteiger partial charge in [-0.05, 0) is 47.2 Å². The van der Waals surface area contributed by atoms with Gasteiger partial charge >= 0.3 is 0 Å². The number of rotatable bonds is 8. The largest absolute Gasteiger partial charge is 0.347 e. The number of hydrogen-bond acceptors (Lipinski definition) is 3. The van der Waals surface area contributed by atoms with E-state index in [1.54, 1.807) is 0 Å². The lowest BCUT2D eigenvalue weighted by molar-refractivity contribution is 0.0664. The fourth-order valence-electron chi connectivity index (χ4n) is 5.08. The zero-order chi connectivity index (χ0) is 27.4. The van der Waals surface area contributed by atoms with Crippen LogP contribution in [0.3, 0.4) is 0 Å². The van der Waals surface area contributed by atoms with E-state index in [4.69, 9.17) is 11.6 Å². The maximum atomic E-state index is 13.8. The minimum atomic E-state index is 0.0500. The van der Waals surface area contributed by atoms with Crippen molar-refractivity contribution in [1.82, 2.24) is 23.9 Å².